The lowest BCUT2D eigenvalue weighted by molar-refractivity contribution is -0.208. The lowest BCUT2D eigenvalue weighted by Gasteiger charge is -2.60. The van der Waals surface area contributed by atoms with E-state index in [9.17, 15) is 19.5 Å². The normalized spacial score (nSPS) is 39.8. The molecule has 4 aliphatic carbocycles. The van der Waals surface area contributed by atoms with Gasteiger partial charge in [0, 0.05) is 24.8 Å². The summed E-state index contributed by atoms with van der Waals surface area (Å²) in [6, 6.07) is 0. The summed E-state index contributed by atoms with van der Waals surface area (Å²) in [5, 5.41) is 9.24. The number of carboxylic acid groups (broad SMARTS) is 1. The van der Waals surface area contributed by atoms with Gasteiger partial charge in [0.05, 0.1) is 5.57 Å². The molecular weight excluding hydrogens is 372 g/mol. The molecule has 6 heteroatoms. The minimum absolute atomic E-state index is 0.0346. The molecule has 4 saturated carbocycles. The SMILES string of the molecule is C=C(CC1(C(=C)C(=O)OC2(CC)C3CC4CC(C3)CC2C4)CCC(=O)O1)C(=O)O. The minimum Gasteiger partial charge on any atom is -0.478 e. The topological polar surface area (TPSA) is 89.9 Å². The van der Waals surface area contributed by atoms with Crippen molar-refractivity contribution in [3.8, 4) is 0 Å². The highest BCUT2D eigenvalue weighted by atomic mass is 16.6. The molecule has 158 valence electrons. The zero-order chi connectivity index (χ0) is 21.0. The molecule has 0 aromatic carbocycles. The van der Waals surface area contributed by atoms with Crippen molar-refractivity contribution in [3.63, 3.8) is 0 Å². The van der Waals surface area contributed by atoms with Gasteiger partial charge in [0.25, 0.3) is 0 Å². The van der Waals surface area contributed by atoms with Gasteiger partial charge in [0.2, 0.25) is 0 Å². The molecule has 1 atom stereocenters. The zero-order valence-electron chi connectivity index (χ0n) is 17.1. The van der Waals surface area contributed by atoms with E-state index in [4.69, 9.17) is 9.47 Å². The van der Waals surface area contributed by atoms with Gasteiger partial charge in [0.1, 0.15) is 11.2 Å². The average molecular weight is 402 g/mol. The van der Waals surface area contributed by atoms with Crippen LogP contribution < -0.4 is 0 Å². The van der Waals surface area contributed by atoms with Crippen molar-refractivity contribution >= 4 is 17.9 Å². The van der Waals surface area contributed by atoms with Gasteiger partial charge in [-0.3, -0.25) is 4.79 Å². The fourth-order valence-corrected chi connectivity index (χ4v) is 6.71. The van der Waals surface area contributed by atoms with E-state index in [-0.39, 0.29) is 30.4 Å². The van der Waals surface area contributed by atoms with Gasteiger partial charge >= 0.3 is 17.9 Å². The molecule has 5 aliphatic rings. The number of rotatable bonds is 7. The van der Waals surface area contributed by atoms with Gasteiger partial charge < -0.3 is 14.6 Å². The fraction of sp³-hybridized carbons (Fsp3) is 0.696. The van der Waals surface area contributed by atoms with Gasteiger partial charge in [-0.25, -0.2) is 9.59 Å². The Hall–Kier alpha value is -2.11. The lowest BCUT2D eigenvalue weighted by atomic mass is 9.49. The van der Waals surface area contributed by atoms with Gasteiger partial charge in [-0.1, -0.05) is 20.1 Å². The molecule has 0 radical (unpaired) electrons. The van der Waals surface area contributed by atoms with E-state index in [1.54, 1.807) is 0 Å². The molecule has 0 amide bonds. The second-order valence-corrected chi connectivity index (χ2v) is 9.53. The molecule has 5 rings (SSSR count). The first-order valence-electron chi connectivity index (χ1n) is 10.7. The predicted molar refractivity (Wildman–Crippen MR) is 105 cm³/mol. The summed E-state index contributed by atoms with van der Waals surface area (Å²) >= 11 is 0. The third-order valence-electron chi connectivity index (χ3n) is 8.00. The average Bonchev–Trinajstić information content (AvgIpc) is 3.05. The van der Waals surface area contributed by atoms with E-state index >= 15 is 0 Å². The maximum absolute atomic E-state index is 13.3. The van der Waals surface area contributed by atoms with Crippen LogP contribution in [0.5, 0.6) is 0 Å². The van der Waals surface area contributed by atoms with Crippen LogP contribution in [0.3, 0.4) is 0 Å². The Morgan fingerprint density at radius 3 is 2.17 bits per heavy atom. The number of carboxylic acids is 1. The molecule has 1 saturated heterocycles. The number of hydrogen-bond acceptors (Lipinski definition) is 5. The molecule has 1 unspecified atom stereocenters. The van der Waals surface area contributed by atoms with Crippen molar-refractivity contribution in [1.29, 1.82) is 0 Å². The molecule has 29 heavy (non-hydrogen) atoms. The van der Waals surface area contributed by atoms with E-state index in [1.807, 2.05) is 0 Å². The highest BCUT2D eigenvalue weighted by Gasteiger charge is 2.59. The number of carbonyl (C=O) groups excluding carboxylic acids is 2. The van der Waals surface area contributed by atoms with Crippen molar-refractivity contribution in [1.82, 2.24) is 0 Å². The van der Waals surface area contributed by atoms with Crippen LogP contribution >= 0.6 is 0 Å². The molecule has 4 bridgehead atoms. The van der Waals surface area contributed by atoms with E-state index in [0.717, 1.165) is 43.9 Å². The highest BCUT2D eigenvalue weighted by Crippen LogP contribution is 2.61. The molecule has 5 fully saturated rings. The van der Waals surface area contributed by atoms with Crippen LogP contribution in [0.1, 0.15) is 64.7 Å². The first-order chi connectivity index (χ1) is 13.7. The van der Waals surface area contributed by atoms with Crippen LogP contribution in [-0.4, -0.2) is 34.2 Å². The summed E-state index contributed by atoms with van der Waals surface area (Å²) in [4.78, 5) is 36.4. The summed E-state index contributed by atoms with van der Waals surface area (Å²) in [6.45, 7) is 9.55. The Kier molecular flexibility index (Phi) is 4.87. The van der Waals surface area contributed by atoms with Crippen LogP contribution in [-0.2, 0) is 23.9 Å². The van der Waals surface area contributed by atoms with E-state index < -0.39 is 29.1 Å². The van der Waals surface area contributed by atoms with Crippen molar-refractivity contribution in [2.45, 2.75) is 75.9 Å². The molecule has 1 aliphatic heterocycles. The van der Waals surface area contributed by atoms with Crippen molar-refractivity contribution in [2.75, 3.05) is 0 Å². The Balaban J connectivity index is 1.56. The first kappa shape index (κ1) is 20.2. The standard InChI is InChI=1S/C23H30O6/c1-4-23(17-8-15-7-16(10-17)11-18(23)9-15)29-21(27)14(3)22(6-5-19(24)28-22)12-13(2)20(25)26/h15-18H,2-12H2,1H3,(H,25,26). The summed E-state index contributed by atoms with van der Waals surface area (Å²) in [5.41, 5.74) is -1.94. The molecule has 0 aromatic rings. The predicted octanol–water partition coefficient (Wildman–Crippen LogP) is 3.80. The Labute approximate surface area is 171 Å². The fourth-order valence-electron chi connectivity index (χ4n) is 6.71. The van der Waals surface area contributed by atoms with Gasteiger partial charge in [0.15, 0.2) is 0 Å². The summed E-state index contributed by atoms with van der Waals surface area (Å²) < 4.78 is 11.7. The smallest absolute Gasteiger partial charge is 0.338 e. The molecular formula is C23H30O6. The van der Waals surface area contributed by atoms with Crippen LogP contribution in [0.15, 0.2) is 24.3 Å². The second kappa shape index (κ2) is 6.99. The highest BCUT2D eigenvalue weighted by molar-refractivity contribution is 5.93. The minimum atomic E-state index is -1.37. The van der Waals surface area contributed by atoms with Crippen LogP contribution in [0.4, 0.5) is 0 Å². The monoisotopic (exact) mass is 402 g/mol. The second-order valence-electron chi connectivity index (χ2n) is 9.53. The molecule has 6 nitrogen and oxygen atoms in total. The summed E-state index contributed by atoms with van der Waals surface area (Å²) in [5.74, 6) is 0.0389. The van der Waals surface area contributed by atoms with Crippen molar-refractivity contribution < 1.29 is 29.0 Å². The lowest BCUT2D eigenvalue weighted by Crippen LogP contribution is -2.59. The van der Waals surface area contributed by atoms with E-state index in [1.165, 1.54) is 6.42 Å². The number of cyclic esters (lactones) is 1. The van der Waals surface area contributed by atoms with Gasteiger partial charge in [-0.2, -0.15) is 0 Å². The summed E-state index contributed by atoms with van der Waals surface area (Å²) in [6.07, 6.45) is 6.67. The maximum Gasteiger partial charge on any atom is 0.338 e. The summed E-state index contributed by atoms with van der Waals surface area (Å²) in [7, 11) is 0. The Morgan fingerprint density at radius 1 is 1.14 bits per heavy atom. The number of esters is 2. The quantitative estimate of drug-likeness (QED) is 0.515. The number of aliphatic carboxylic acids is 1. The molecule has 1 heterocycles. The van der Waals surface area contributed by atoms with Crippen molar-refractivity contribution in [2.24, 2.45) is 23.7 Å². The zero-order valence-corrected chi connectivity index (χ0v) is 17.1. The Bertz CT molecular complexity index is 752. The molecule has 0 spiro atoms. The maximum atomic E-state index is 13.3. The van der Waals surface area contributed by atoms with Crippen LogP contribution in [0.2, 0.25) is 0 Å². The van der Waals surface area contributed by atoms with E-state index in [2.05, 4.69) is 20.1 Å². The van der Waals surface area contributed by atoms with Gasteiger partial charge in [-0.15, -0.1) is 0 Å². The third kappa shape index (κ3) is 3.21. The largest absolute Gasteiger partial charge is 0.478 e. The first-order valence-corrected chi connectivity index (χ1v) is 10.7. The number of ether oxygens (including phenoxy) is 2. The Morgan fingerprint density at radius 2 is 1.72 bits per heavy atom. The number of hydrogen-bond donors (Lipinski definition) is 1. The van der Waals surface area contributed by atoms with Crippen molar-refractivity contribution in [3.05, 3.63) is 24.3 Å². The van der Waals surface area contributed by atoms with E-state index in [0.29, 0.717) is 11.8 Å². The molecule has 0 aromatic heterocycles. The molecule has 1 N–H and O–H groups in total. The van der Waals surface area contributed by atoms with Gasteiger partial charge in [-0.05, 0) is 62.2 Å². The van der Waals surface area contributed by atoms with Crippen LogP contribution in [0, 0.1) is 23.7 Å². The third-order valence-corrected chi connectivity index (χ3v) is 8.00. The van der Waals surface area contributed by atoms with Crippen LogP contribution in [0.25, 0.3) is 0 Å². The number of carbonyl (C=O) groups is 3.